The van der Waals surface area contributed by atoms with Gasteiger partial charge in [0.15, 0.2) is 7.98 Å². The first-order chi connectivity index (χ1) is 12.4. The minimum atomic E-state index is 0.0462. The second-order valence-corrected chi connectivity index (χ2v) is 7.17. The minimum absolute atomic E-state index is 0.0462. The van der Waals surface area contributed by atoms with Crippen molar-refractivity contribution >= 4 is 32.9 Å². The zero-order valence-electron chi connectivity index (χ0n) is 16.5. The molecule has 0 heterocycles. The Morgan fingerprint density at radius 3 is 2.73 bits per heavy atom. The van der Waals surface area contributed by atoms with Gasteiger partial charge in [-0.1, -0.05) is 36.7 Å². The maximum Gasteiger partial charge on any atom is 0.224 e. The number of methoxy groups -OCH3 is 1. The molecule has 0 spiro atoms. The van der Waals surface area contributed by atoms with Crippen LogP contribution in [0, 0.1) is 0 Å². The maximum absolute atomic E-state index is 12.3. The third-order valence-corrected chi connectivity index (χ3v) is 4.43. The fourth-order valence-electron chi connectivity index (χ4n) is 3.06. The summed E-state index contributed by atoms with van der Waals surface area (Å²) in [6.07, 6.45) is 1.26. The number of carbonyl (C=O) groups is 1. The van der Waals surface area contributed by atoms with Crippen LogP contribution in [0.2, 0.25) is 0 Å². The number of carbonyl (C=O) groups excluding carboxylic acids is 1. The zero-order valence-corrected chi connectivity index (χ0v) is 16.5. The van der Waals surface area contributed by atoms with E-state index in [2.05, 4.69) is 43.1 Å². The summed E-state index contributed by atoms with van der Waals surface area (Å²) >= 11 is 0. The van der Waals surface area contributed by atoms with Crippen molar-refractivity contribution in [1.29, 1.82) is 0 Å². The summed E-state index contributed by atoms with van der Waals surface area (Å²) < 4.78 is 5.49. The Labute approximate surface area is 158 Å². The molecule has 0 unspecified atom stereocenters. The normalized spacial score (nSPS) is 12.0. The van der Waals surface area contributed by atoms with E-state index < -0.39 is 0 Å². The Kier molecular flexibility index (Phi) is 7.34. The SMILES string of the molecule is Bc1ccc([C@@H](C)CCC(=O)Nc2cccc(CN(B)C)c2)c(OC)c1. The summed E-state index contributed by atoms with van der Waals surface area (Å²) in [5.74, 6) is 1.20. The van der Waals surface area contributed by atoms with Gasteiger partial charge in [0.1, 0.15) is 13.6 Å². The molecule has 26 heavy (non-hydrogen) atoms. The van der Waals surface area contributed by atoms with Crippen molar-refractivity contribution in [3.05, 3.63) is 53.6 Å². The molecule has 0 aromatic heterocycles. The zero-order chi connectivity index (χ0) is 19.1. The summed E-state index contributed by atoms with van der Waals surface area (Å²) in [5.41, 5.74) is 4.37. The van der Waals surface area contributed by atoms with Crippen LogP contribution in [0.4, 0.5) is 5.69 Å². The van der Waals surface area contributed by atoms with Crippen LogP contribution < -0.4 is 15.5 Å². The molecule has 2 rings (SSSR count). The smallest absolute Gasteiger partial charge is 0.224 e. The average Bonchev–Trinajstić information content (AvgIpc) is 2.59. The van der Waals surface area contributed by atoms with Crippen LogP contribution >= 0.6 is 0 Å². The number of hydrogen-bond donors (Lipinski definition) is 1. The highest BCUT2D eigenvalue weighted by Crippen LogP contribution is 2.28. The Morgan fingerprint density at radius 2 is 2.04 bits per heavy atom. The molecule has 2 aromatic rings. The summed E-state index contributed by atoms with van der Waals surface area (Å²) in [5, 5.41) is 3.01. The molecule has 4 nitrogen and oxygen atoms in total. The molecule has 0 aliphatic rings. The Balaban J connectivity index is 1.92. The molecule has 136 valence electrons. The lowest BCUT2D eigenvalue weighted by molar-refractivity contribution is -0.116. The van der Waals surface area contributed by atoms with Crippen LogP contribution in [0.3, 0.4) is 0 Å². The molecular weight excluding hydrogens is 322 g/mol. The van der Waals surface area contributed by atoms with E-state index in [1.54, 1.807) is 7.11 Å². The van der Waals surface area contributed by atoms with Crippen LogP contribution in [0.15, 0.2) is 42.5 Å². The molecule has 1 atom stereocenters. The van der Waals surface area contributed by atoms with Gasteiger partial charge in [0.25, 0.3) is 0 Å². The van der Waals surface area contributed by atoms with Gasteiger partial charge in [-0.15, -0.1) is 0 Å². The molecule has 0 fully saturated rings. The summed E-state index contributed by atoms with van der Waals surface area (Å²) in [4.78, 5) is 14.4. The van der Waals surface area contributed by atoms with E-state index >= 15 is 0 Å². The van der Waals surface area contributed by atoms with E-state index in [0.29, 0.717) is 6.42 Å². The second kappa shape index (κ2) is 9.48. The van der Waals surface area contributed by atoms with Crippen molar-refractivity contribution in [2.24, 2.45) is 0 Å². The third kappa shape index (κ3) is 5.95. The molecule has 0 bridgehead atoms. The maximum atomic E-state index is 12.3. The Morgan fingerprint density at radius 1 is 1.27 bits per heavy atom. The number of ether oxygens (including phenoxy) is 1. The van der Waals surface area contributed by atoms with E-state index in [1.165, 1.54) is 11.0 Å². The third-order valence-electron chi connectivity index (χ3n) is 4.43. The first-order valence-corrected chi connectivity index (χ1v) is 9.07. The van der Waals surface area contributed by atoms with Crippen LogP contribution in [0.1, 0.15) is 36.8 Å². The summed E-state index contributed by atoms with van der Waals surface area (Å²) in [6.45, 7) is 2.99. The molecule has 0 aliphatic heterocycles. The van der Waals surface area contributed by atoms with Crippen molar-refractivity contribution in [3.8, 4) is 5.75 Å². The number of amides is 1. The van der Waals surface area contributed by atoms with E-state index in [1.807, 2.05) is 39.3 Å². The fraction of sp³-hybridized carbons (Fsp3) is 0.350. The van der Waals surface area contributed by atoms with Crippen molar-refractivity contribution in [3.63, 3.8) is 0 Å². The number of nitrogens with zero attached hydrogens (tertiary/aromatic N) is 1. The predicted octanol–water partition coefficient (Wildman–Crippen LogP) is 1.46. The quantitative estimate of drug-likeness (QED) is 0.733. The van der Waals surface area contributed by atoms with E-state index in [0.717, 1.165) is 30.0 Å². The van der Waals surface area contributed by atoms with Gasteiger partial charge in [-0.05, 0) is 48.7 Å². The number of nitrogens with one attached hydrogen (secondary N) is 1. The highest BCUT2D eigenvalue weighted by Gasteiger charge is 2.13. The standard InChI is InChI=1S/C20H28B2N2O2/c1-14(18-9-8-16(21)12-19(18)26-3)7-10-20(25)23-17-6-4-5-15(11-17)13-24(2)22/h4-6,8-9,11-12,14H,7,10,13,21-22H2,1-3H3,(H,23,25)/t14-/m0/s1. The molecule has 0 saturated heterocycles. The monoisotopic (exact) mass is 350 g/mol. The molecule has 2 aromatic carbocycles. The summed E-state index contributed by atoms with van der Waals surface area (Å²) in [7, 11) is 7.81. The van der Waals surface area contributed by atoms with Crippen LogP contribution in [0.25, 0.3) is 0 Å². The fourth-order valence-corrected chi connectivity index (χ4v) is 3.06. The van der Waals surface area contributed by atoms with E-state index in [9.17, 15) is 4.79 Å². The van der Waals surface area contributed by atoms with Crippen molar-refractivity contribution < 1.29 is 9.53 Å². The van der Waals surface area contributed by atoms with Crippen LogP contribution in [-0.2, 0) is 11.3 Å². The molecule has 1 N–H and O–H groups in total. The molecule has 0 saturated carbocycles. The highest BCUT2D eigenvalue weighted by molar-refractivity contribution is 6.32. The van der Waals surface area contributed by atoms with Crippen LogP contribution in [0.5, 0.6) is 5.75 Å². The Hall–Kier alpha value is -2.20. The molecular formula is C20H28B2N2O2. The molecule has 6 heteroatoms. The lowest BCUT2D eigenvalue weighted by atomic mass is 9.89. The van der Waals surface area contributed by atoms with Gasteiger partial charge in [0, 0.05) is 18.7 Å². The topological polar surface area (TPSA) is 41.6 Å². The van der Waals surface area contributed by atoms with E-state index in [4.69, 9.17) is 4.74 Å². The first-order valence-electron chi connectivity index (χ1n) is 9.07. The lowest BCUT2D eigenvalue weighted by Crippen LogP contribution is -2.15. The molecule has 1 amide bonds. The van der Waals surface area contributed by atoms with Crippen LogP contribution in [-0.4, -0.2) is 40.7 Å². The van der Waals surface area contributed by atoms with Crippen molar-refractivity contribution in [1.82, 2.24) is 4.81 Å². The van der Waals surface area contributed by atoms with E-state index in [-0.39, 0.29) is 11.8 Å². The average molecular weight is 350 g/mol. The number of hydrogen-bond acceptors (Lipinski definition) is 3. The van der Waals surface area contributed by atoms with Gasteiger partial charge in [0.2, 0.25) is 5.91 Å². The highest BCUT2D eigenvalue weighted by atomic mass is 16.5. The van der Waals surface area contributed by atoms with Gasteiger partial charge < -0.3 is 14.9 Å². The lowest BCUT2D eigenvalue weighted by Gasteiger charge is -2.16. The molecule has 0 aliphatic carbocycles. The van der Waals surface area contributed by atoms with Crippen molar-refractivity contribution in [2.75, 3.05) is 19.5 Å². The van der Waals surface area contributed by atoms with Gasteiger partial charge >= 0.3 is 0 Å². The first kappa shape index (κ1) is 20.1. The minimum Gasteiger partial charge on any atom is -0.496 e. The largest absolute Gasteiger partial charge is 0.496 e. The van der Waals surface area contributed by atoms with Gasteiger partial charge in [-0.25, -0.2) is 0 Å². The summed E-state index contributed by atoms with van der Waals surface area (Å²) in [6, 6.07) is 14.2. The van der Waals surface area contributed by atoms with Crippen molar-refractivity contribution in [2.45, 2.75) is 32.2 Å². The Bertz CT molecular complexity index is 750. The van der Waals surface area contributed by atoms with Gasteiger partial charge in [0.05, 0.1) is 7.11 Å². The predicted molar refractivity (Wildman–Crippen MR) is 114 cm³/mol. The molecule has 0 radical (unpaired) electrons. The van der Waals surface area contributed by atoms with Gasteiger partial charge in [-0.2, -0.15) is 0 Å². The number of benzene rings is 2. The number of anilines is 1. The van der Waals surface area contributed by atoms with Gasteiger partial charge in [-0.3, -0.25) is 4.79 Å². The second-order valence-electron chi connectivity index (χ2n) is 7.17. The number of rotatable bonds is 8.